The van der Waals surface area contributed by atoms with Gasteiger partial charge in [-0.25, -0.2) is 9.78 Å². The molecule has 130 valence electrons. The molecule has 0 unspecified atom stereocenters. The Kier molecular flexibility index (Phi) is 3.78. The number of rotatable bonds is 3. The van der Waals surface area contributed by atoms with Gasteiger partial charge in [-0.05, 0) is 43.7 Å². The Labute approximate surface area is 145 Å². The van der Waals surface area contributed by atoms with Crippen molar-refractivity contribution in [2.75, 3.05) is 5.32 Å². The normalized spacial score (nSPS) is 31.0. The van der Waals surface area contributed by atoms with Gasteiger partial charge in [-0.2, -0.15) is 0 Å². The molecule has 1 saturated carbocycles. The lowest BCUT2D eigenvalue weighted by Gasteiger charge is -2.38. The van der Waals surface area contributed by atoms with Gasteiger partial charge < -0.3 is 5.32 Å². The fourth-order valence-electron chi connectivity index (χ4n) is 4.32. The number of pyridine rings is 1. The third-order valence-electron chi connectivity index (χ3n) is 5.43. The van der Waals surface area contributed by atoms with E-state index in [1.54, 1.807) is 31.3 Å². The Hall–Kier alpha value is -2.70. The van der Waals surface area contributed by atoms with Crippen molar-refractivity contribution in [3.63, 3.8) is 0 Å². The molecule has 2 fully saturated rings. The van der Waals surface area contributed by atoms with Gasteiger partial charge in [0.2, 0.25) is 11.8 Å². The molecule has 1 aromatic rings. The molecule has 4 aliphatic rings. The molecule has 7 nitrogen and oxygen atoms in total. The molecule has 1 saturated heterocycles. The van der Waals surface area contributed by atoms with Crippen molar-refractivity contribution in [2.24, 2.45) is 23.7 Å². The highest BCUT2D eigenvalue weighted by Crippen LogP contribution is 2.49. The van der Waals surface area contributed by atoms with Gasteiger partial charge in [0.25, 0.3) is 0 Å². The lowest BCUT2D eigenvalue weighted by atomic mass is 9.63. The highest BCUT2D eigenvalue weighted by Gasteiger charge is 2.57. The van der Waals surface area contributed by atoms with Gasteiger partial charge in [0.1, 0.15) is 12.0 Å². The number of hydrogen-bond donors (Lipinski definition) is 2. The van der Waals surface area contributed by atoms with Crippen LogP contribution in [0.2, 0.25) is 0 Å². The van der Waals surface area contributed by atoms with Gasteiger partial charge in [-0.3, -0.25) is 19.8 Å². The molecule has 3 aliphatic carbocycles. The number of imide groups is 1. The van der Waals surface area contributed by atoms with Crippen molar-refractivity contribution in [3.8, 4) is 0 Å². The first kappa shape index (κ1) is 15.8. The van der Waals surface area contributed by atoms with E-state index < -0.39 is 12.2 Å². The van der Waals surface area contributed by atoms with Gasteiger partial charge in [0.05, 0.1) is 11.8 Å². The average Bonchev–Trinajstić information content (AvgIpc) is 2.90. The summed E-state index contributed by atoms with van der Waals surface area (Å²) in [5.74, 6) is -0.169. The van der Waals surface area contributed by atoms with Crippen LogP contribution in [0.1, 0.15) is 19.8 Å². The molecular weight excluding hydrogens is 320 g/mol. The Morgan fingerprint density at radius 1 is 1.16 bits per heavy atom. The maximum Gasteiger partial charge on any atom is 0.322 e. The van der Waals surface area contributed by atoms with Gasteiger partial charge in [0.15, 0.2) is 0 Å². The molecule has 2 heterocycles. The smallest absolute Gasteiger partial charge is 0.317 e. The quantitative estimate of drug-likeness (QED) is 0.648. The summed E-state index contributed by atoms with van der Waals surface area (Å²) in [4.78, 5) is 43.0. The number of allylic oxidation sites excluding steroid dienone is 2. The summed E-state index contributed by atoms with van der Waals surface area (Å²) in [6.07, 6.45) is 6.94. The second kappa shape index (κ2) is 5.98. The molecule has 0 spiro atoms. The Morgan fingerprint density at radius 3 is 2.32 bits per heavy atom. The SMILES string of the molecule is C[C@H](NC(=O)Nc1ccccn1)N1C(=O)[C@@H]2[C@H](C1=O)[C@H]1C=C[C@H]2CC1. The van der Waals surface area contributed by atoms with Crippen LogP contribution in [0.15, 0.2) is 36.5 Å². The van der Waals surface area contributed by atoms with E-state index >= 15 is 0 Å². The van der Waals surface area contributed by atoms with Gasteiger partial charge in [0, 0.05) is 6.20 Å². The number of carbonyl (C=O) groups is 3. The second-order valence-corrected chi connectivity index (χ2v) is 6.88. The van der Waals surface area contributed by atoms with Crippen LogP contribution < -0.4 is 10.6 Å². The second-order valence-electron chi connectivity index (χ2n) is 6.88. The molecule has 1 aliphatic heterocycles. The van der Waals surface area contributed by atoms with Crippen LogP contribution in [0.25, 0.3) is 0 Å². The van der Waals surface area contributed by atoms with Crippen molar-refractivity contribution in [1.82, 2.24) is 15.2 Å². The fraction of sp³-hybridized carbons (Fsp3) is 0.444. The highest BCUT2D eigenvalue weighted by atomic mass is 16.2. The first-order valence-corrected chi connectivity index (χ1v) is 8.60. The number of fused-ring (bicyclic) bond motifs is 1. The van der Waals surface area contributed by atoms with E-state index in [4.69, 9.17) is 0 Å². The minimum absolute atomic E-state index is 0.144. The summed E-state index contributed by atoms with van der Waals surface area (Å²) in [5, 5.41) is 5.26. The summed E-state index contributed by atoms with van der Waals surface area (Å²) in [7, 11) is 0. The van der Waals surface area contributed by atoms with Crippen LogP contribution in [0.4, 0.5) is 10.6 Å². The molecule has 2 N–H and O–H groups in total. The predicted octanol–water partition coefficient (Wildman–Crippen LogP) is 1.75. The number of hydrogen-bond acceptors (Lipinski definition) is 4. The fourth-order valence-corrected chi connectivity index (χ4v) is 4.32. The lowest BCUT2D eigenvalue weighted by molar-refractivity contribution is -0.142. The van der Waals surface area contributed by atoms with Crippen LogP contribution in [0.3, 0.4) is 0 Å². The van der Waals surface area contributed by atoms with Gasteiger partial charge in [-0.15, -0.1) is 0 Å². The number of carbonyl (C=O) groups excluding carboxylic acids is 3. The van der Waals surface area contributed by atoms with Crippen molar-refractivity contribution in [2.45, 2.75) is 25.9 Å². The zero-order chi connectivity index (χ0) is 17.6. The summed E-state index contributed by atoms with van der Waals surface area (Å²) in [6, 6.07) is 4.67. The number of urea groups is 1. The molecule has 25 heavy (non-hydrogen) atoms. The minimum Gasteiger partial charge on any atom is -0.317 e. The summed E-state index contributed by atoms with van der Waals surface area (Å²) in [6.45, 7) is 1.65. The predicted molar refractivity (Wildman–Crippen MR) is 90.0 cm³/mol. The summed E-state index contributed by atoms with van der Waals surface area (Å²) in [5.41, 5.74) is 0. The van der Waals surface area contributed by atoms with E-state index in [9.17, 15) is 14.4 Å². The van der Waals surface area contributed by atoms with E-state index in [2.05, 4.69) is 27.8 Å². The van der Waals surface area contributed by atoms with Gasteiger partial charge >= 0.3 is 6.03 Å². The van der Waals surface area contributed by atoms with Crippen LogP contribution in [0, 0.1) is 23.7 Å². The largest absolute Gasteiger partial charge is 0.322 e. The maximum atomic E-state index is 12.8. The number of anilines is 1. The van der Waals surface area contributed by atoms with Crippen LogP contribution in [0.5, 0.6) is 0 Å². The molecule has 5 rings (SSSR count). The third kappa shape index (κ3) is 2.59. The molecule has 2 bridgehead atoms. The first-order valence-electron chi connectivity index (χ1n) is 8.60. The van der Waals surface area contributed by atoms with Crippen molar-refractivity contribution in [3.05, 3.63) is 36.5 Å². The molecule has 4 amide bonds. The van der Waals surface area contributed by atoms with Crippen LogP contribution >= 0.6 is 0 Å². The zero-order valence-electron chi connectivity index (χ0n) is 13.9. The van der Waals surface area contributed by atoms with E-state index in [0.717, 1.165) is 12.8 Å². The standard InChI is InChI=1S/C18H20N4O3/c1-10(20-18(25)21-13-4-2-3-9-19-13)22-16(23)14-11-5-6-12(8-7-11)15(14)17(22)24/h2-6,9-12,14-15H,7-8H2,1H3,(H2,19,20,21,25)/t10-,11+,12+,14-,15+/m1/s1. The van der Waals surface area contributed by atoms with Crippen molar-refractivity contribution >= 4 is 23.7 Å². The Morgan fingerprint density at radius 2 is 1.80 bits per heavy atom. The third-order valence-corrected chi connectivity index (χ3v) is 5.43. The molecule has 1 aromatic heterocycles. The van der Waals surface area contributed by atoms with Crippen molar-refractivity contribution in [1.29, 1.82) is 0 Å². The highest BCUT2D eigenvalue weighted by molar-refractivity contribution is 6.06. The van der Waals surface area contributed by atoms with Gasteiger partial charge in [-0.1, -0.05) is 18.2 Å². The first-order chi connectivity index (χ1) is 12.1. The van der Waals surface area contributed by atoms with Crippen LogP contribution in [-0.2, 0) is 9.59 Å². The number of likely N-dealkylation sites (tertiary alicyclic amines) is 1. The number of nitrogens with zero attached hydrogens (tertiary/aromatic N) is 2. The summed E-state index contributed by atoms with van der Waals surface area (Å²) < 4.78 is 0. The molecule has 7 heteroatoms. The Balaban J connectivity index is 1.46. The number of nitrogens with one attached hydrogen (secondary N) is 2. The number of amides is 4. The topological polar surface area (TPSA) is 91.4 Å². The van der Waals surface area contributed by atoms with E-state index in [1.165, 1.54) is 4.90 Å². The van der Waals surface area contributed by atoms with E-state index in [1.807, 2.05) is 0 Å². The number of aromatic nitrogens is 1. The summed E-state index contributed by atoms with van der Waals surface area (Å²) >= 11 is 0. The molecule has 0 radical (unpaired) electrons. The van der Waals surface area contributed by atoms with Crippen LogP contribution in [-0.4, -0.2) is 33.9 Å². The molecular formula is C18H20N4O3. The zero-order valence-corrected chi connectivity index (χ0v) is 13.9. The maximum absolute atomic E-state index is 12.8. The molecule has 5 atom stereocenters. The lowest BCUT2D eigenvalue weighted by Crippen LogP contribution is -2.50. The minimum atomic E-state index is -0.700. The van der Waals surface area contributed by atoms with E-state index in [0.29, 0.717) is 5.82 Å². The molecule has 0 aromatic carbocycles. The van der Waals surface area contributed by atoms with Crippen molar-refractivity contribution < 1.29 is 14.4 Å². The van der Waals surface area contributed by atoms with E-state index in [-0.39, 0.29) is 35.5 Å². The average molecular weight is 340 g/mol. The Bertz CT molecular complexity index is 716. The monoisotopic (exact) mass is 340 g/mol.